The van der Waals surface area contributed by atoms with E-state index in [0.29, 0.717) is 13.0 Å². The van der Waals surface area contributed by atoms with Crippen molar-refractivity contribution in [3.05, 3.63) is 59.7 Å². The lowest BCUT2D eigenvalue weighted by Crippen LogP contribution is -2.41. The fourth-order valence-corrected chi connectivity index (χ4v) is 4.26. The third-order valence-corrected chi connectivity index (χ3v) is 6.17. The van der Waals surface area contributed by atoms with Gasteiger partial charge in [0.05, 0.1) is 6.61 Å². The van der Waals surface area contributed by atoms with Gasteiger partial charge in [0, 0.05) is 19.5 Å². The molecule has 0 bridgehead atoms. The second-order valence-corrected chi connectivity index (χ2v) is 8.77. The first-order valence-corrected chi connectivity index (χ1v) is 11.9. The molecule has 1 fully saturated rings. The third kappa shape index (κ3) is 8.12. The van der Waals surface area contributed by atoms with Crippen molar-refractivity contribution in [1.29, 1.82) is 0 Å². The van der Waals surface area contributed by atoms with E-state index in [0.717, 1.165) is 45.2 Å². The molecule has 0 amide bonds. The van der Waals surface area contributed by atoms with Gasteiger partial charge in [-0.2, -0.15) is 0 Å². The maximum Gasteiger partial charge on any atom is 0.303 e. The van der Waals surface area contributed by atoms with Crippen molar-refractivity contribution in [2.75, 3.05) is 13.1 Å². The molecule has 0 aliphatic carbocycles. The molecule has 168 valence electrons. The lowest BCUT2D eigenvalue weighted by Gasteiger charge is -2.35. The SMILES string of the molecule is Cc1ccc(-c2ccc(COC3CCCCN3CCCCCCCC(=O)O)cc2)cc1. The number of aryl methyl sites for hydroxylation is 1. The quantitative estimate of drug-likeness (QED) is 0.400. The van der Waals surface area contributed by atoms with Gasteiger partial charge in [-0.05, 0) is 55.7 Å². The highest BCUT2D eigenvalue weighted by atomic mass is 16.5. The molecule has 1 N–H and O–H groups in total. The van der Waals surface area contributed by atoms with Crippen LogP contribution in [0.5, 0.6) is 0 Å². The molecular formula is C27H37NO3. The number of carbonyl (C=O) groups is 1. The number of hydrogen-bond acceptors (Lipinski definition) is 3. The molecule has 1 saturated heterocycles. The van der Waals surface area contributed by atoms with Crippen LogP contribution in [0.3, 0.4) is 0 Å². The summed E-state index contributed by atoms with van der Waals surface area (Å²) in [4.78, 5) is 13.1. The van der Waals surface area contributed by atoms with Crippen molar-refractivity contribution in [3.8, 4) is 11.1 Å². The highest BCUT2D eigenvalue weighted by molar-refractivity contribution is 5.66. The number of rotatable bonds is 12. The Morgan fingerprint density at radius 1 is 0.935 bits per heavy atom. The zero-order chi connectivity index (χ0) is 21.9. The molecule has 0 radical (unpaired) electrons. The Labute approximate surface area is 187 Å². The van der Waals surface area contributed by atoms with Crippen LogP contribution < -0.4 is 0 Å². The van der Waals surface area contributed by atoms with Gasteiger partial charge in [0.15, 0.2) is 0 Å². The highest BCUT2D eigenvalue weighted by Gasteiger charge is 2.22. The Hall–Kier alpha value is -2.17. The number of carboxylic acid groups (broad SMARTS) is 1. The maximum atomic E-state index is 10.6. The molecule has 1 unspecified atom stereocenters. The average Bonchev–Trinajstić information content (AvgIpc) is 2.78. The monoisotopic (exact) mass is 423 g/mol. The second kappa shape index (κ2) is 12.6. The summed E-state index contributed by atoms with van der Waals surface area (Å²) in [6.07, 6.45) is 9.40. The molecule has 0 aromatic heterocycles. The van der Waals surface area contributed by atoms with Crippen molar-refractivity contribution in [3.63, 3.8) is 0 Å². The largest absolute Gasteiger partial charge is 0.481 e. The van der Waals surface area contributed by atoms with Gasteiger partial charge in [0.2, 0.25) is 0 Å². The van der Waals surface area contributed by atoms with Crippen molar-refractivity contribution in [2.24, 2.45) is 0 Å². The van der Waals surface area contributed by atoms with Crippen LogP contribution >= 0.6 is 0 Å². The van der Waals surface area contributed by atoms with E-state index in [4.69, 9.17) is 9.84 Å². The number of unbranched alkanes of at least 4 members (excludes halogenated alkanes) is 4. The first kappa shape index (κ1) is 23.5. The standard InChI is InChI=1S/C27H37NO3/c1-22-11-15-24(16-12-22)25-17-13-23(14-18-25)21-31-26-9-6-8-20-28(26)19-7-4-2-3-5-10-27(29)30/h11-18,26H,2-10,19-21H2,1H3,(H,29,30). The van der Waals surface area contributed by atoms with Crippen LogP contribution in [-0.4, -0.2) is 35.3 Å². The summed E-state index contributed by atoms with van der Waals surface area (Å²) < 4.78 is 6.33. The minimum Gasteiger partial charge on any atom is -0.481 e. The number of carboxylic acids is 1. The van der Waals surface area contributed by atoms with E-state index in [9.17, 15) is 4.79 Å². The summed E-state index contributed by atoms with van der Waals surface area (Å²) in [5, 5.41) is 8.70. The summed E-state index contributed by atoms with van der Waals surface area (Å²) in [6.45, 7) is 4.97. The number of aliphatic carboxylic acids is 1. The van der Waals surface area contributed by atoms with E-state index in [1.54, 1.807) is 0 Å². The van der Waals surface area contributed by atoms with E-state index in [1.807, 2.05) is 0 Å². The Balaban J connectivity index is 1.40. The average molecular weight is 424 g/mol. The van der Waals surface area contributed by atoms with Gasteiger partial charge < -0.3 is 9.84 Å². The van der Waals surface area contributed by atoms with E-state index >= 15 is 0 Å². The van der Waals surface area contributed by atoms with Crippen LogP contribution in [0.2, 0.25) is 0 Å². The summed E-state index contributed by atoms with van der Waals surface area (Å²) in [6, 6.07) is 17.4. The molecular weight excluding hydrogens is 386 g/mol. The van der Waals surface area contributed by atoms with Gasteiger partial charge in [-0.1, -0.05) is 73.4 Å². The molecule has 0 spiro atoms. The molecule has 1 aliphatic heterocycles. The van der Waals surface area contributed by atoms with Crippen LogP contribution in [0.4, 0.5) is 0 Å². The molecule has 2 aromatic carbocycles. The Kier molecular flexibility index (Phi) is 9.57. The fourth-order valence-electron chi connectivity index (χ4n) is 4.26. The first-order valence-electron chi connectivity index (χ1n) is 11.9. The van der Waals surface area contributed by atoms with Gasteiger partial charge in [-0.25, -0.2) is 0 Å². The van der Waals surface area contributed by atoms with Gasteiger partial charge in [-0.15, -0.1) is 0 Å². The number of hydrogen-bond donors (Lipinski definition) is 1. The minimum atomic E-state index is -0.682. The summed E-state index contributed by atoms with van der Waals surface area (Å²) in [5.41, 5.74) is 5.00. The smallest absolute Gasteiger partial charge is 0.303 e. The van der Waals surface area contributed by atoms with Crippen LogP contribution in [0.25, 0.3) is 11.1 Å². The molecule has 0 saturated carbocycles. The van der Waals surface area contributed by atoms with Crippen LogP contribution in [-0.2, 0) is 16.1 Å². The van der Waals surface area contributed by atoms with E-state index < -0.39 is 5.97 Å². The second-order valence-electron chi connectivity index (χ2n) is 8.77. The van der Waals surface area contributed by atoms with E-state index in [-0.39, 0.29) is 6.23 Å². The minimum absolute atomic E-state index is 0.220. The molecule has 4 nitrogen and oxygen atoms in total. The number of nitrogens with zero attached hydrogens (tertiary/aromatic N) is 1. The topological polar surface area (TPSA) is 49.8 Å². The van der Waals surface area contributed by atoms with E-state index in [2.05, 4.69) is 60.4 Å². The number of ether oxygens (including phenoxy) is 1. The summed E-state index contributed by atoms with van der Waals surface area (Å²) in [7, 11) is 0. The Bertz CT molecular complexity index is 785. The zero-order valence-corrected chi connectivity index (χ0v) is 18.9. The predicted octanol–water partition coefficient (Wildman–Crippen LogP) is 6.42. The van der Waals surface area contributed by atoms with E-state index in [1.165, 1.54) is 41.5 Å². The molecule has 31 heavy (non-hydrogen) atoms. The van der Waals surface area contributed by atoms with Gasteiger partial charge in [0.1, 0.15) is 6.23 Å². The third-order valence-electron chi connectivity index (χ3n) is 6.17. The Morgan fingerprint density at radius 2 is 1.58 bits per heavy atom. The van der Waals surface area contributed by atoms with Gasteiger partial charge >= 0.3 is 5.97 Å². The molecule has 2 aromatic rings. The van der Waals surface area contributed by atoms with Crippen LogP contribution in [0.1, 0.15) is 68.9 Å². The van der Waals surface area contributed by atoms with Crippen molar-refractivity contribution in [1.82, 2.24) is 4.90 Å². The molecule has 1 heterocycles. The number of piperidine rings is 1. The zero-order valence-electron chi connectivity index (χ0n) is 18.9. The predicted molar refractivity (Wildman–Crippen MR) is 126 cm³/mol. The van der Waals surface area contributed by atoms with Crippen molar-refractivity contribution in [2.45, 2.75) is 77.5 Å². The fraction of sp³-hybridized carbons (Fsp3) is 0.519. The number of benzene rings is 2. The molecule has 1 aliphatic rings. The highest BCUT2D eigenvalue weighted by Crippen LogP contribution is 2.23. The molecule has 1 atom stereocenters. The van der Waals surface area contributed by atoms with Crippen molar-refractivity contribution < 1.29 is 14.6 Å². The summed E-state index contributed by atoms with van der Waals surface area (Å²) >= 11 is 0. The lowest BCUT2D eigenvalue weighted by molar-refractivity contribution is -0.137. The number of likely N-dealkylation sites (tertiary alicyclic amines) is 1. The van der Waals surface area contributed by atoms with Gasteiger partial charge in [-0.3, -0.25) is 9.69 Å². The Morgan fingerprint density at radius 3 is 2.29 bits per heavy atom. The normalized spacial score (nSPS) is 17.0. The lowest BCUT2D eigenvalue weighted by atomic mass is 10.0. The maximum absolute atomic E-state index is 10.6. The molecule has 3 rings (SSSR count). The van der Waals surface area contributed by atoms with Crippen LogP contribution in [0, 0.1) is 6.92 Å². The van der Waals surface area contributed by atoms with Gasteiger partial charge in [0.25, 0.3) is 0 Å². The first-order chi connectivity index (χ1) is 15.1. The summed E-state index contributed by atoms with van der Waals surface area (Å²) in [5.74, 6) is -0.682. The van der Waals surface area contributed by atoms with Crippen LogP contribution in [0.15, 0.2) is 48.5 Å². The molecule has 4 heteroatoms. The van der Waals surface area contributed by atoms with Crippen molar-refractivity contribution >= 4 is 5.97 Å².